The molecule has 0 bridgehead atoms. The molecule has 0 radical (unpaired) electrons. The number of carboxylic acids is 1. The maximum absolute atomic E-state index is 12.8. The van der Waals surface area contributed by atoms with E-state index >= 15 is 0 Å². The second-order valence-electron chi connectivity index (χ2n) is 8.69. The SMILES string of the molecule is CC[C@@H](C)[C@H](NC(=O)C(C)Oc1ccc2c(C)c(Cc3ccccc3)c(=O)oc2c1C)C(=O)O. The van der Waals surface area contributed by atoms with Crippen LogP contribution in [0.4, 0.5) is 0 Å². The smallest absolute Gasteiger partial charge is 0.340 e. The van der Waals surface area contributed by atoms with Crippen molar-refractivity contribution in [3.63, 3.8) is 0 Å². The monoisotopic (exact) mass is 465 g/mol. The van der Waals surface area contributed by atoms with Gasteiger partial charge in [-0.05, 0) is 49.9 Å². The second kappa shape index (κ2) is 10.5. The zero-order chi connectivity index (χ0) is 25.0. The van der Waals surface area contributed by atoms with Crippen molar-refractivity contribution in [2.75, 3.05) is 0 Å². The average Bonchev–Trinajstić information content (AvgIpc) is 2.82. The Hall–Kier alpha value is -3.61. The highest BCUT2D eigenvalue weighted by molar-refractivity contribution is 5.88. The molecule has 0 saturated carbocycles. The molecule has 7 nitrogen and oxygen atoms in total. The first-order valence-electron chi connectivity index (χ1n) is 11.4. The number of hydrogen-bond donors (Lipinski definition) is 2. The minimum atomic E-state index is -1.08. The number of rotatable bonds is 9. The molecule has 0 aliphatic carbocycles. The Morgan fingerprint density at radius 1 is 1.06 bits per heavy atom. The lowest BCUT2D eigenvalue weighted by Gasteiger charge is -2.23. The van der Waals surface area contributed by atoms with E-state index < -0.39 is 29.6 Å². The van der Waals surface area contributed by atoms with Gasteiger partial charge in [-0.3, -0.25) is 4.79 Å². The summed E-state index contributed by atoms with van der Waals surface area (Å²) in [7, 11) is 0. The normalized spacial score (nSPS) is 13.8. The molecule has 34 heavy (non-hydrogen) atoms. The van der Waals surface area contributed by atoms with Gasteiger partial charge in [-0.25, -0.2) is 9.59 Å². The van der Waals surface area contributed by atoms with Crippen molar-refractivity contribution in [2.24, 2.45) is 5.92 Å². The number of nitrogens with one attached hydrogen (secondary N) is 1. The van der Waals surface area contributed by atoms with Gasteiger partial charge in [0.05, 0.1) is 0 Å². The van der Waals surface area contributed by atoms with Gasteiger partial charge >= 0.3 is 11.6 Å². The third-order valence-corrected chi connectivity index (χ3v) is 6.33. The fourth-order valence-electron chi connectivity index (χ4n) is 3.90. The molecule has 3 rings (SSSR count). The number of amides is 1. The lowest BCUT2D eigenvalue weighted by molar-refractivity contribution is -0.144. The standard InChI is InChI=1S/C27H31NO6/c1-6-15(2)23(26(30)31)28-25(29)18(5)33-22-13-12-20-16(3)21(14-19-10-8-7-9-11-19)27(32)34-24(20)17(22)4/h7-13,15,18,23H,6,14H2,1-5H3,(H,28,29)(H,30,31)/t15-,18?,23+/m1/s1. The van der Waals surface area contributed by atoms with Crippen LogP contribution in [0.3, 0.4) is 0 Å². The molecule has 3 atom stereocenters. The summed E-state index contributed by atoms with van der Waals surface area (Å²) < 4.78 is 11.5. The van der Waals surface area contributed by atoms with Gasteiger partial charge in [-0.2, -0.15) is 0 Å². The largest absolute Gasteiger partial charge is 0.480 e. The van der Waals surface area contributed by atoms with Crippen molar-refractivity contribution in [1.29, 1.82) is 0 Å². The highest BCUT2D eigenvalue weighted by atomic mass is 16.5. The first-order valence-corrected chi connectivity index (χ1v) is 11.4. The number of ether oxygens (including phenoxy) is 1. The molecule has 0 aliphatic heterocycles. The van der Waals surface area contributed by atoms with Crippen LogP contribution in [0.1, 0.15) is 49.4 Å². The summed E-state index contributed by atoms with van der Waals surface area (Å²) in [4.78, 5) is 36.9. The van der Waals surface area contributed by atoms with Crippen LogP contribution in [0.5, 0.6) is 5.75 Å². The minimum Gasteiger partial charge on any atom is -0.480 e. The average molecular weight is 466 g/mol. The number of hydrogen-bond acceptors (Lipinski definition) is 5. The molecule has 3 aromatic rings. The van der Waals surface area contributed by atoms with Crippen LogP contribution in [0.2, 0.25) is 0 Å². The Kier molecular flexibility index (Phi) is 7.76. The number of carbonyl (C=O) groups excluding carboxylic acids is 1. The Morgan fingerprint density at radius 2 is 1.74 bits per heavy atom. The zero-order valence-electron chi connectivity index (χ0n) is 20.2. The van der Waals surface area contributed by atoms with Crippen molar-refractivity contribution in [2.45, 2.75) is 59.6 Å². The van der Waals surface area contributed by atoms with E-state index in [1.54, 1.807) is 26.8 Å². The van der Waals surface area contributed by atoms with Crippen molar-refractivity contribution < 1.29 is 23.8 Å². The minimum absolute atomic E-state index is 0.224. The van der Waals surface area contributed by atoms with Gasteiger partial charge < -0.3 is 19.6 Å². The molecule has 2 aromatic carbocycles. The molecule has 2 N–H and O–H groups in total. The van der Waals surface area contributed by atoms with Crippen LogP contribution in [0, 0.1) is 19.8 Å². The lowest BCUT2D eigenvalue weighted by atomic mass is 9.98. The van der Waals surface area contributed by atoms with Gasteiger partial charge in [-0.1, -0.05) is 50.6 Å². The lowest BCUT2D eigenvalue weighted by Crippen LogP contribution is -2.49. The molecular formula is C27H31NO6. The summed E-state index contributed by atoms with van der Waals surface area (Å²) in [5.74, 6) is -1.44. The summed E-state index contributed by atoms with van der Waals surface area (Å²) in [5.41, 5.74) is 3.06. The van der Waals surface area contributed by atoms with Crippen molar-refractivity contribution in [1.82, 2.24) is 5.32 Å². The van der Waals surface area contributed by atoms with E-state index in [0.717, 1.165) is 16.5 Å². The molecule has 1 heterocycles. The van der Waals surface area contributed by atoms with E-state index in [-0.39, 0.29) is 5.92 Å². The fourth-order valence-corrected chi connectivity index (χ4v) is 3.90. The number of carboxylic acid groups (broad SMARTS) is 1. The highest BCUT2D eigenvalue weighted by Gasteiger charge is 2.28. The molecule has 0 aliphatic rings. The maximum Gasteiger partial charge on any atom is 0.340 e. The molecule has 0 fully saturated rings. The molecule has 0 spiro atoms. The molecular weight excluding hydrogens is 434 g/mol. The van der Waals surface area contributed by atoms with E-state index in [4.69, 9.17) is 9.15 Å². The quantitative estimate of drug-likeness (QED) is 0.454. The number of carbonyl (C=O) groups is 2. The molecule has 180 valence electrons. The van der Waals surface area contributed by atoms with E-state index in [9.17, 15) is 19.5 Å². The first-order chi connectivity index (χ1) is 16.1. The van der Waals surface area contributed by atoms with Gasteiger partial charge in [0.2, 0.25) is 0 Å². The van der Waals surface area contributed by atoms with E-state index in [1.807, 2.05) is 50.2 Å². The van der Waals surface area contributed by atoms with Crippen molar-refractivity contribution in [3.8, 4) is 5.75 Å². The number of aliphatic carboxylic acids is 1. The maximum atomic E-state index is 12.8. The summed E-state index contributed by atoms with van der Waals surface area (Å²) in [6, 6.07) is 12.3. The third kappa shape index (κ3) is 5.30. The van der Waals surface area contributed by atoms with E-state index in [0.29, 0.717) is 35.3 Å². The van der Waals surface area contributed by atoms with Gasteiger partial charge in [0.15, 0.2) is 6.10 Å². The zero-order valence-corrected chi connectivity index (χ0v) is 20.2. The van der Waals surface area contributed by atoms with Crippen LogP contribution in [0.25, 0.3) is 11.0 Å². The van der Waals surface area contributed by atoms with Gasteiger partial charge in [0, 0.05) is 22.9 Å². The summed E-state index contributed by atoms with van der Waals surface area (Å²) >= 11 is 0. The van der Waals surface area contributed by atoms with Crippen molar-refractivity contribution in [3.05, 3.63) is 75.1 Å². The molecule has 1 amide bonds. The third-order valence-electron chi connectivity index (χ3n) is 6.33. The Morgan fingerprint density at radius 3 is 2.35 bits per heavy atom. The Bertz CT molecular complexity index is 1250. The predicted molar refractivity (Wildman–Crippen MR) is 130 cm³/mol. The van der Waals surface area contributed by atoms with Crippen molar-refractivity contribution >= 4 is 22.8 Å². The van der Waals surface area contributed by atoms with Gasteiger partial charge in [-0.15, -0.1) is 0 Å². The predicted octanol–water partition coefficient (Wildman–Crippen LogP) is 4.38. The van der Waals surface area contributed by atoms with Crippen LogP contribution in [0.15, 0.2) is 51.7 Å². The summed E-state index contributed by atoms with van der Waals surface area (Å²) in [6.07, 6.45) is 0.147. The number of aryl methyl sites for hydroxylation is 2. The van der Waals surface area contributed by atoms with E-state index in [1.165, 1.54) is 0 Å². The van der Waals surface area contributed by atoms with Gasteiger partial charge in [0.1, 0.15) is 17.4 Å². The van der Waals surface area contributed by atoms with Crippen LogP contribution in [-0.4, -0.2) is 29.1 Å². The Balaban J connectivity index is 1.86. The number of fused-ring (bicyclic) bond motifs is 1. The summed E-state index contributed by atoms with van der Waals surface area (Å²) in [5, 5.41) is 12.8. The highest BCUT2D eigenvalue weighted by Crippen LogP contribution is 2.30. The first kappa shape index (κ1) is 25.0. The number of benzene rings is 2. The van der Waals surface area contributed by atoms with Gasteiger partial charge in [0.25, 0.3) is 5.91 Å². The van der Waals surface area contributed by atoms with Crippen LogP contribution in [-0.2, 0) is 16.0 Å². The second-order valence-corrected chi connectivity index (χ2v) is 8.69. The van der Waals surface area contributed by atoms with Crippen LogP contribution >= 0.6 is 0 Å². The topological polar surface area (TPSA) is 106 Å². The molecule has 1 unspecified atom stereocenters. The Labute approximate surface area is 198 Å². The molecule has 0 saturated heterocycles. The molecule has 7 heteroatoms. The van der Waals surface area contributed by atoms with E-state index in [2.05, 4.69) is 5.32 Å². The van der Waals surface area contributed by atoms with Crippen LogP contribution < -0.4 is 15.7 Å². The molecule has 1 aromatic heterocycles. The fraction of sp³-hybridized carbons (Fsp3) is 0.370. The summed E-state index contributed by atoms with van der Waals surface area (Å²) in [6.45, 7) is 8.86.